The van der Waals surface area contributed by atoms with Crippen molar-refractivity contribution in [3.8, 4) is 22.6 Å². The Balaban J connectivity index is 2.11. The first-order valence-electron chi connectivity index (χ1n) is 7.44. The van der Waals surface area contributed by atoms with E-state index in [4.69, 9.17) is 28.9 Å². The number of imidazole rings is 1. The summed E-state index contributed by atoms with van der Waals surface area (Å²) in [5.41, 5.74) is 7.03. The number of primary amides is 1. The Morgan fingerprint density at radius 3 is 2.62 bits per heavy atom. The van der Waals surface area contributed by atoms with Crippen molar-refractivity contribution in [3.05, 3.63) is 52.3 Å². The fourth-order valence-electron chi connectivity index (χ4n) is 2.39. The lowest BCUT2D eigenvalue weighted by atomic mass is 10.1. The van der Waals surface area contributed by atoms with Gasteiger partial charge in [0, 0.05) is 29.3 Å². The molecule has 3 rings (SSSR count). The highest BCUT2D eigenvalue weighted by Gasteiger charge is 2.20. The van der Waals surface area contributed by atoms with E-state index in [2.05, 4.69) is 20.3 Å². The number of halogens is 2. The number of carbonyl (C=O) groups is 2. The van der Waals surface area contributed by atoms with Crippen LogP contribution >= 0.6 is 23.2 Å². The number of nitrogens with zero attached hydrogens (tertiary/aromatic N) is 2. The van der Waals surface area contributed by atoms with Crippen LogP contribution in [0.2, 0.25) is 10.0 Å². The molecule has 2 aromatic heterocycles. The Bertz CT molecular complexity index is 1020. The number of pyridine rings is 1. The summed E-state index contributed by atoms with van der Waals surface area (Å²) in [6.07, 6.45) is 1.52. The molecule has 0 bridgehead atoms. The van der Waals surface area contributed by atoms with Crippen LogP contribution in [0.15, 0.2) is 36.5 Å². The van der Waals surface area contributed by atoms with Gasteiger partial charge in [-0.2, -0.15) is 0 Å². The summed E-state index contributed by atoms with van der Waals surface area (Å²) in [4.78, 5) is 34.4. The van der Waals surface area contributed by atoms with Gasteiger partial charge in [-0.3, -0.25) is 9.59 Å². The van der Waals surface area contributed by atoms with E-state index < -0.39 is 5.91 Å². The number of nitrogens with one attached hydrogen (secondary N) is 2. The monoisotopic (exact) mass is 389 g/mol. The zero-order valence-corrected chi connectivity index (χ0v) is 15.0. The maximum atomic E-state index is 11.8. The molecule has 3 aromatic rings. The minimum absolute atomic E-state index is 0.113. The summed E-state index contributed by atoms with van der Waals surface area (Å²) in [6.45, 7) is 1.38. The first-order valence-corrected chi connectivity index (χ1v) is 8.20. The van der Waals surface area contributed by atoms with Gasteiger partial charge in [0.1, 0.15) is 23.0 Å². The Morgan fingerprint density at radius 1 is 1.19 bits per heavy atom. The topological polar surface area (TPSA) is 114 Å². The summed E-state index contributed by atoms with van der Waals surface area (Å²) >= 11 is 12.2. The van der Waals surface area contributed by atoms with Crippen molar-refractivity contribution in [2.45, 2.75) is 6.92 Å². The zero-order valence-electron chi connectivity index (χ0n) is 13.5. The molecule has 4 N–H and O–H groups in total. The van der Waals surface area contributed by atoms with Crippen LogP contribution in [0.5, 0.6) is 0 Å². The third-order valence-electron chi connectivity index (χ3n) is 3.47. The molecule has 0 saturated heterocycles. The summed E-state index contributed by atoms with van der Waals surface area (Å²) in [5, 5.41) is 3.39. The van der Waals surface area contributed by atoms with E-state index >= 15 is 0 Å². The average Bonchev–Trinajstić information content (AvgIpc) is 3.00. The van der Waals surface area contributed by atoms with Gasteiger partial charge in [-0.05, 0) is 30.3 Å². The number of hydrogen-bond acceptors (Lipinski definition) is 4. The lowest BCUT2D eigenvalue weighted by molar-refractivity contribution is -0.114. The molecule has 26 heavy (non-hydrogen) atoms. The van der Waals surface area contributed by atoms with E-state index in [9.17, 15) is 9.59 Å². The van der Waals surface area contributed by atoms with Crippen molar-refractivity contribution in [1.29, 1.82) is 0 Å². The van der Waals surface area contributed by atoms with Gasteiger partial charge in [-0.25, -0.2) is 9.97 Å². The molecule has 7 nitrogen and oxygen atoms in total. The van der Waals surface area contributed by atoms with Crippen LogP contribution in [-0.2, 0) is 4.79 Å². The van der Waals surface area contributed by atoms with Crippen molar-refractivity contribution in [1.82, 2.24) is 15.0 Å². The van der Waals surface area contributed by atoms with Crippen LogP contribution in [-0.4, -0.2) is 26.8 Å². The van der Waals surface area contributed by atoms with Crippen LogP contribution in [0.25, 0.3) is 22.6 Å². The van der Waals surface area contributed by atoms with Crippen LogP contribution in [0, 0.1) is 0 Å². The molecular formula is C17H13Cl2N5O2. The largest absolute Gasteiger partial charge is 0.364 e. The molecule has 0 atom stereocenters. The standard InChI is InChI=1S/C17H13Cl2N5O2/c1-8(25)22-13-6-9(4-5-21-13)17-23-14(15(24-17)16(20)26)11-3-2-10(18)7-12(11)19/h2-7H,1H3,(H2,20,26)(H,23,24)(H,21,22,25). The van der Waals surface area contributed by atoms with E-state index in [0.717, 1.165) is 0 Å². The van der Waals surface area contributed by atoms with E-state index in [1.165, 1.54) is 13.1 Å². The normalized spacial score (nSPS) is 10.6. The molecule has 132 valence electrons. The number of nitrogens with two attached hydrogens (primary N) is 1. The van der Waals surface area contributed by atoms with Gasteiger partial charge in [-0.15, -0.1) is 0 Å². The SMILES string of the molecule is CC(=O)Nc1cc(-c2nc(-c3ccc(Cl)cc3Cl)c(C(N)=O)[nH]2)ccn1. The van der Waals surface area contributed by atoms with Gasteiger partial charge in [0.25, 0.3) is 5.91 Å². The maximum Gasteiger partial charge on any atom is 0.267 e. The quantitative estimate of drug-likeness (QED) is 0.633. The predicted molar refractivity (Wildman–Crippen MR) is 100 cm³/mol. The van der Waals surface area contributed by atoms with Crippen molar-refractivity contribution < 1.29 is 9.59 Å². The summed E-state index contributed by atoms with van der Waals surface area (Å²) < 4.78 is 0. The fourth-order valence-corrected chi connectivity index (χ4v) is 2.89. The molecule has 0 spiro atoms. The highest BCUT2D eigenvalue weighted by molar-refractivity contribution is 6.36. The van der Waals surface area contributed by atoms with Gasteiger partial charge >= 0.3 is 0 Å². The molecule has 2 amide bonds. The van der Waals surface area contributed by atoms with Gasteiger partial charge in [0.15, 0.2) is 0 Å². The van der Waals surface area contributed by atoms with Gasteiger partial charge in [-0.1, -0.05) is 23.2 Å². The molecule has 0 aliphatic heterocycles. The van der Waals surface area contributed by atoms with Crippen LogP contribution < -0.4 is 11.1 Å². The van der Waals surface area contributed by atoms with Crippen molar-refractivity contribution in [2.24, 2.45) is 5.73 Å². The van der Waals surface area contributed by atoms with Crippen LogP contribution in [0.1, 0.15) is 17.4 Å². The first kappa shape index (κ1) is 17.9. The molecule has 0 fully saturated rings. The number of aromatic amines is 1. The number of aromatic nitrogens is 3. The van der Waals surface area contributed by atoms with E-state index in [1.807, 2.05) is 0 Å². The van der Waals surface area contributed by atoms with Crippen molar-refractivity contribution >= 4 is 40.8 Å². The number of carbonyl (C=O) groups excluding carboxylic acids is 2. The fraction of sp³-hybridized carbons (Fsp3) is 0.0588. The molecule has 1 aromatic carbocycles. The summed E-state index contributed by atoms with van der Waals surface area (Å²) in [7, 11) is 0. The van der Waals surface area contributed by atoms with Gasteiger partial charge < -0.3 is 16.0 Å². The van der Waals surface area contributed by atoms with Gasteiger partial charge in [0.2, 0.25) is 5.91 Å². The first-order chi connectivity index (χ1) is 12.3. The van der Waals surface area contributed by atoms with Crippen LogP contribution in [0.3, 0.4) is 0 Å². The molecule has 9 heteroatoms. The second-order valence-corrected chi connectivity index (χ2v) is 6.25. The van der Waals surface area contributed by atoms with E-state index in [0.29, 0.717) is 38.5 Å². The maximum absolute atomic E-state index is 11.8. The van der Waals surface area contributed by atoms with E-state index in [-0.39, 0.29) is 11.6 Å². The number of H-pyrrole nitrogens is 1. The lowest BCUT2D eigenvalue weighted by Crippen LogP contribution is -2.12. The van der Waals surface area contributed by atoms with Gasteiger partial charge in [0.05, 0.1) is 5.02 Å². The van der Waals surface area contributed by atoms with E-state index in [1.54, 1.807) is 30.3 Å². The smallest absolute Gasteiger partial charge is 0.267 e. The van der Waals surface area contributed by atoms with Crippen molar-refractivity contribution in [3.63, 3.8) is 0 Å². The predicted octanol–water partition coefficient (Wildman–Crippen LogP) is 3.50. The third-order valence-corrected chi connectivity index (χ3v) is 4.02. The Hall–Kier alpha value is -2.90. The third kappa shape index (κ3) is 3.68. The molecule has 0 aliphatic rings. The molecular weight excluding hydrogens is 377 g/mol. The number of amides is 2. The molecule has 0 saturated carbocycles. The molecule has 0 unspecified atom stereocenters. The highest BCUT2D eigenvalue weighted by Crippen LogP contribution is 2.33. The average molecular weight is 390 g/mol. The second-order valence-electron chi connectivity index (χ2n) is 5.41. The molecule has 0 radical (unpaired) electrons. The Labute approximate surface area is 158 Å². The van der Waals surface area contributed by atoms with Crippen LogP contribution in [0.4, 0.5) is 5.82 Å². The molecule has 2 heterocycles. The minimum Gasteiger partial charge on any atom is -0.364 e. The summed E-state index contributed by atoms with van der Waals surface area (Å²) in [6, 6.07) is 8.16. The highest BCUT2D eigenvalue weighted by atomic mass is 35.5. The Kier molecular flexibility index (Phi) is 4.92. The zero-order chi connectivity index (χ0) is 18.8. The van der Waals surface area contributed by atoms with Crippen molar-refractivity contribution in [2.75, 3.05) is 5.32 Å². The second kappa shape index (κ2) is 7.15. The molecule has 0 aliphatic carbocycles. The number of anilines is 1. The number of hydrogen-bond donors (Lipinski definition) is 3. The summed E-state index contributed by atoms with van der Waals surface area (Å²) in [5.74, 6) is -0.187. The minimum atomic E-state index is -0.680. The lowest BCUT2D eigenvalue weighted by Gasteiger charge is -2.03. The Morgan fingerprint density at radius 2 is 1.96 bits per heavy atom. The number of rotatable bonds is 4. The number of benzene rings is 1.